The van der Waals surface area contributed by atoms with Crippen LogP contribution in [0.4, 0.5) is 10.5 Å². The van der Waals surface area contributed by atoms with E-state index in [0.29, 0.717) is 16.8 Å². The van der Waals surface area contributed by atoms with Crippen molar-refractivity contribution in [2.24, 2.45) is 11.0 Å². The van der Waals surface area contributed by atoms with Crippen molar-refractivity contribution in [1.29, 1.82) is 0 Å². The molecule has 0 spiro atoms. The van der Waals surface area contributed by atoms with E-state index in [4.69, 9.17) is 0 Å². The number of carbonyl (C=O) groups is 2. The summed E-state index contributed by atoms with van der Waals surface area (Å²) in [4.78, 5) is 24.1. The summed E-state index contributed by atoms with van der Waals surface area (Å²) in [6.45, 7) is 1.63. The number of ether oxygens (including phenoxy) is 1. The van der Waals surface area contributed by atoms with Crippen LogP contribution in [0.2, 0.25) is 0 Å². The lowest BCUT2D eigenvalue weighted by Crippen LogP contribution is -2.44. The molecule has 1 aliphatic heterocycles. The van der Waals surface area contributed by atoms with Crippen LogP contribution in [0.15, 0.2) is 53.6 Å². The molecule has 4 N–H and O–H groups in total. The number of hydrogen-bond donors (Lipinski definition) is 4. The topological polar surface area (TPSA) is 120 Å². The van der Waals surface area contributed by atoms with E-state index in [1.54, 1.807) is 43.3 Å². The number of hydrogen-bond acceptors (Lipinski definition) is 6. The Morgan fingerprint density at radius 1 is 1.22 bits per heavy atom. The molecular formula is C19H19N3O5. The molecule has 0 bridgehead atoms. The summed E-state index contributed by atoms with van der Waals surface area (Å²) in [5.41, 5.74) is 2.04. The molecule has 8 nitrogen and oxygen atoms in total. The second kappa shape index (κ2) is 7.08. The van der Waals surface area contributed by atoms with Gasteiger partial charge in [0.1, 0.15) is 5.75 Å². The first-order valence-electron chi connectivity index (χ1n) is 8.22. The van der Waals surface area contributed by atoms with Crippen LogP contribution in [0.3, 0.4) is 0 Å². The summed E-state index contributed by atoms with van der Waals surface area (Å²) < 4.78 is 4.52. The number of rotatable bonds is 4. The molecule has 0 saturated heterocycles. The minimum atomic E-state index is -1.88. The van der Waals surface area contributed by atoms with E-state index >= 15 is 0 Å². The van der Waals surface area contributed by atoms with Gasteiger partial charge in [0.2, 0.25) is 0 Å². The summed E-state index contributed by atoms with van der Waals surface area (Å²) in [7, 11) is 1.20. The average molecular weight is 369 g/mol. The minimum Gasteiger partial charge on any atom is -0.508 e. The number of para-hydroxylation sites is 1. The fraction of sp³-hybridized carbons (Fsp3) is 0.211. The molecule has 0 fully saturated rings. The van der Waals surface area contributed by atoms with Crippen LogP contribution in [0, 0.1) is 5.92 Å². The molecule has 2 amide bonds. The second-order valence-corrected chi connectivity index (χ2v) is 6.14. The number of hydrazone groups is 1. The average Bonchev–Trinajstić information content (AvgIpc) is 2.94. The van der Waals surface area contributed by atoms with Crippen molar-refractivity contribution in [2.45, 2.75) is 12.5 Å². The number of carbonyl (C=O) groups excluding carboxylic acids is 2. The van der Waals surface area contributed by atoms with Gasteiger partial charge in [-0.05, 0) is 35.9 Å². The van der Waals surface area contributed by atoms with Gasteiger partial charge >= 0.3 is 6.09 Å². The highest BCUT2D eigenvalue weighted by Gasteiger charge is 2.51. The Morgan fingerprint density at radius 2 is 1.89 bits per heavy atom. The largest absolute Gasteiger partial charge is 0.508 e. The maximum absolute atomic E-state index is 12.6. The van der Waals surface area contributed by atoms with E-state index in [1.165, 1.54) is 19.2 Å². The Bertz CT molecular complexity index is 910. The van der Waals surface area contributed by atoms with E-state index < -0.39 is 23.5 Å². The van der Waals surface area contributed by atoms with Crippen LogP contribution in [-0.2, 0) is 15.1 Å². The van der Waals surface area contributed by atoms with Crippen molar-refractivity contribution in [1.82, 2.24) is 5.43 Å². The number of phenols is 1. The molecule has 0 unspecified atom stereocenters. The Balaban J connectivity index is 2.07. The number of phenolic OH excluding ortho intramolecular Hbond substituents is 1. The molecule has 0 radical (unpaired) electrons. The molecule has 0 aromatic heterocycles. The van der Waals surface area contributed by atoms with Gasteiger partial charge in [-0.2, -0.15) is 5.10 Å². The normalized spacial score (nSPS) is 19.8. The molecule has 0 aliphatic carbocycles. The Labute approximate surface area is 155 Å². The van der Waals surface area contributed by atoms with Crippen molar-refractivity contribution in [2.75, 3.05) is 12.4 Å². The van der Waals surface area contributed by atoms with Crippen LogP contribution in [0.25, 0.3) is 0 Å². The minimum absolute atomic E-state index is 0.0503. The highest BCUT2D eigenvalue weighted by molar-refractivity contribution is 6.12. The number of fused-ring (bicyclic) bond motifs is 1. The van der Waals surface area contributed by atoms with Gasteiger partial charge in [-0.25, -0.2) is 10.2 Å². The van der Waals surface area contributed by atoms with Crippen molar-refractivity contribution in [3.8, 4) is 5.75 Å². The number of aliphatic hydroxyl groups is 1. The number of nitrogens with one attached hydrogen (secondary N) is 2. The van der Waals surface area contributed by atoms with Gasteiger partial charge in [0.15, 0.2) is 5.60 Å². The van der Waals surface area contributed by atoms with E-state index in [2.05, 4.69) is 20.6 Å². The highest BCUT2D eigenvalue weighted by atomic mass is 16.5. The fourth-order valence-corrected chi connectivity index (χ4v) is 3.09. The number of amides is 2. The number of nitrogens with zero attached hydrogens (tertiary/aromatic N) is 1. The van der Waals surface area contributed by atoms with E-state index in [0.717, 1.165) is 0 Å². The van der Waals surface area contributed by atoms with Crippen molar-refractivity contribution >= 4 is 23.4 Å². The third kappa shape index (κ3) is 3.22. The summed E-state index contributed by atoms with van der Waals surface area (Å²) in [6, 6.07) is 12.9. The number of aromatic hydroxyl groups is 1. The summed E-state index contributed by atoms with van der Waals surface area (Å²) >= 11 is 0. The summed E-state index contributed by atoms with van der Waals surface area (Å²) in [5, 5.41) is 27.6. The van der Waals surface area contributed by atoms with Crippen molar-refractivity contribution in [3.05, 3.63) is 59.7 Å². The predicted molar refractivity (Wildman–Crippen MR) is 98.3 cm³/mol. The third-order valence-corrected chi connectivity index (χ3v) is 4.58. The van der Waals surface area contributed by atoms with Crippen LogP contribution in [-0.4, -0.2) is 35.0 Å². The molecule has 1 aliphatic rings. The van der Waals surface area contributed by atoms with Crippen LogP contribution < -0.4 is 10.7 Å². The van der Waals surface area contributed by atoms with E-state index in [-0.39, 0.29) is 11.5 Å². The molecular weight excluding hydrogens is 350 g/mol. The van der Waals surface area contributed by atoms with E-state index in [1.807, 2.05) is 0 Å². The molecule has 3 rings (SSSR count). The zero-order valence-electron chi connectivity index (χ0n) is 14.8. The highest BCUT2D eigenvalue weighted by Crippen LogP contribution is 2.42. The van der Waals surface area contributed by atoms with Crippen molar-refractivity contribution in [3.63, 3.8) is 0 Å². The summed E-state index contributed by atoms with van der Waals surface area (Å²) in [5.74, 6) is -1.36. The SMILES string of the molecule is COC(=O)N/N=C(\c1ccc(O)cc1)[C@H](C)[C@@]1(O)C(=O)Nc2ccccc21. The first kappa shape index (κ1) is 18.4. The molecule has 2 atom stereocenters. The van der Waals surface area contributed by atoms with Crippen molar-refractivity contribution < 1.29 is 24.5 Å². The molecule has 2 aromatic carbocycles. The zero-order chi connectivity index (χ0) is 19.6. The lowest BCUT2D eigenvalue weighted by Gasteiger charge is -2.29. The molecule has 2 aromatic rings. The second-order valence-electron chi connectivity index (χ2n) is 6.14. The molecule has 8 heteroatoms. The number of methoxy groups -OCH3 is 1. The lowest BCUT2D eigenvalue weighted by molar-refractivity contribution is -0.136. The Hall–Kier alpha value is -3.39. The van der Waals surface area contributed by atoms with Gasteiger partial charge in [0.05, 0.1) is 12.8 Å². The molecule has 1 heterocycles. The number of anilines is 1. The lowest BCUT2D eigenvalue weighted by atomic mass is 9.78. The molecule has 140 valence electrons. The molecule has 0 saturated carbocycles. The predicted octanol–water partition coefficient (Wildman–Crippen LogP) is 1.93. The number of benzene rings is 2. The fourth-order valence-electron chi connectivity index (χ4n) is 3.09. The van der Waals surface area contributed by atoms with Gasteiger partial charge in [0.25, 0.3) is 5.91 Å². The Morgan fingerprint density at radius 3 is 2.56 bits per heavy atom. The zero-order valence-corrected chi connectivity index (χ0v) is 14.8. The quantitative estimate of drug-likeness (QED) is 0.485. The van der Waals surface area contributed by atoms with Gasteiger partial charge in [-0.1, -0.05) is 25.1 Å². The van der Waals surface area contributed by atoms with Gasteiger partial charge in [-0.15, -0.1) is 0 Å². The van der Waals surface area contributed by atoms with Gasteiger partial charge < -0.3 is 20.3 Å². The Kier molecular flexibility index (Phi) is 4.83. The summed E-state index contributed by atoms with van der Waals surface area (Å²) in [6.07, 6.45) is -0.790. The molecule has 27 heavy (non-hydrogen) atoms. The van der Waals surface area contributed by atoms with Crippen LogP contribution >= 0.6 is 0 Å². The smallest absolute Gasteiger partial charge is 0.427 e. The standard InChI is InChI=1S/C19H19N3O5/c1-11(19(26)14-5-3-4-6-15(14)20-17(19)24)16(21-22-18(25)27-2)12-7-9-13(23)10-8-12/h3-11,23,26H,1-2H3,(H,20,24)(H,22,25)/b21-16-/t11-,19-/m0/s1. The first-order chi connectivity index (χ1) is 12.9. The van der Waals surface area contributed by atoms with Gasteiger partial charge in [0, 0.05) is 17.2 Å². The van der Waals surface area contributed by atoms with Crippen LogP contribution in [0.1, 0.15) is 18.1 Å². The van der Waals surface area contributed by atoms with Gasteiger partial charge in [-0.3, -0.25) is 4.79 Å². The van der Waals surface area contributed by atoms with E-state index in [9.17, 15) is 19.8 Å². The third-order valence-electron chi connectivity index (χ3n) is 4.58. The first-order valence-corrected chi connectivity index (χ1v) is 8.22. The maximum Gasteiger partial charge on any atom is 0.427 e. The van der Waals surface area contributed by atoms with Crippen LogP contribution in [0.5, 0.6) is 5.75 Å². The maximum atomic E-state index is 12.6. The monoisotopic (exact) mass is 369 g/mol.